The lowest BCUT2D eigenvalue weighted by molar-refractivity contribution is -0.131. The Balaban J connectivity index is 1.83. The van der Waals surface area contributed by atoms with Crippen molar-refractivity contribution in [3.63, 3.8) is 0 Å². The molecule has 6 nitrogen and oxygen atoms in total. The Morgan fingerprint density at radius 1 is 1.25 bits per heavy atom. The molecular formula is C17H20N4O2S. The summed E-state index contributed by atoms with van der Waals surface area (Å²) in [5.74, 6) is 0.796. The van der Waals surface area contributed by atoms with E-state index in [1.165, 1.54) is 9.56 Å². The molecule has 7 heteroatoms. The van der Waals surface area contributed by atoms with Gasteiger partial charge in [0, 0.05) is 24.4 Å². The molecule has 0 aromatic carbocycles. The van der Waals surface area contributed by atoms with Gasteiger partial charge in [-0.1, -0.05) is 6.92 Å². The molecule has 1 aliphatic heterocycles. The Bertz CT molecular complexity index is 992. The fourth-order valence-corrected chi connectivity index (χ4v) is 4.39. The predicted molar refractivity (Wildman–Crippen MR) is 94.8 cm³/mol. The summed E-state index contributed by atoms with van der Waals surface area (Å²) in [6, 6.07) is 4.01. The first-order valence-corrected chi connectivity index (χ1v) is 9.19. The van der Waals surface area contributed by atoms with Gasteiger partial charge in [-0.15, -0.1) is 11.3 Å². The maximum atomic E-state index is 12.8. The quantitative estimate of drug-likeness (QED) is 0.732. The van der Waals surface area contributed by atoms with Gasteiger partial charge < -0.3 is 4.90 Å². The molecular weight excluding hydrogens is 324 g/mol. The molecule has 0 unspecified atom stereocenters. The average molecular weight is 344 g/mol. The molecule has 0 aliphatic carbocycles. The Morgan fingerprint density at radius 2 is 2.00 bits per heavy atom. The van der Waals surface area contributed by atoms with Crippen LogP contribution < -0.4 is 5.56 Å². The highest BCUT2D eigenvalue weighted by molar-refractivity contribution is 7.19. The zero-order valence-electron chi connectivity index (χ0n) is 13.9. The highest BCUT2D eigenvalue weighted by atomic mass is 32.1. The summed E-state index contributed by atoms with van der Waals surface area (Å²) in [6.45, 7) is 5.68. The molecule has 0 N–H and O–H groups in total. The normalized spacial score (nSPS) is 15.0. The molecule has 24 heavy (non-hydrogen) atoms. The monoisotopic (exact) mass is 344 g/mol. The number of fused-ring (bicyclic) bond motifs is 3. The van der Waals surface area contributed by atoms with Crippen molar-refractivity contribution in [2.24, 2.45) is 0 Å². The number of thiophene rings is 1. The lowest BCUT2D eigenvalue weighted by Crippen LogP contribution is -2.36. The first-order valence-electron chi connectivity index (χ1n) is 8.38. The van der Waals surface area contributed by atoms with Crippen LogP contribution in [-0.2, 0) is 17.8 Å². The third-order valence-electron chi connectivity index (χ3n) is 4.62. The number of hydrogen-bond donors (Lipinski definition) is 0. The summed E-state index contributed by atoms with van der Waals surface area (Å²) in [5, 5.41) is 4.49. The number of aryl methyl sites for hydroxylation is 2. The zero-order chi connectivity index (χ0) is 16.8. The second kappa shape index (κ2) is 5.73. The van der Waals surface area contributed by atoms with E-state index in [-0.39, 0.29) is 18.0 Å². The first kappa shape index (κ1) is 15.4. The van der Waals surface area contributed by atoms with Gasteiger partial charge in [-0.05, 0) is 31.9 Å². The minimum atomic E-state index is -0.194. The van der Waals surface area contributed by atoms with Gasteiger partial charge in [0.15, 0.2) is 0 Å². The van der Waals surface area contributed by atoms with Crippen LogP contribution in [0.15, 0.2) is 16.9 Å². The van der Waals surface area contributed by atoms with Crippen molar-refractivity contribution in [1.29, 1.82) is 0 Å². The Hall–Kier alpha value is -2.15. The second-order valence-electron chi connectivity index (χ2n) is 6.29. The largest absolute Gasteiger partial charge is 0.341 e. The van der Waals surface area contributed by atoms with Crippen LogP contribution in [-0.4, -0.2) is 38.1 Å². The van der Waals surface area contributed by atoms with Gasteiger partial charge in [-0.2, -0.15) is 5.10 Å². The van der Waals surface area contributed by atoms with E-state index in [1.807, 2.05) is 22.3 Å². The number of amides is 1. The fraction of sp³-hybridized carbons (Fsp3) is 0.471. The van der Waals surface area contributed by atoms with Crippen molar-refractivity contribution in [2.75, 3.05) is 13.1 Å². The minimum Gasteiger partial charge on any atom is -0.341 e. The van der Waals surface area contributed by atoms with Gasteiger partial charge in [0.05, 0.1) is 10.2 Å². The van der Waals surface area contributed by atoms with Crippen molar-refractivity contribution in [2.45, 2.75) is 39.7 Å². The molecule has 0 spiro atoms. The molecule has 3 aromatic rings. The van der Waals surface area contributed by atoms with Crippen LogP contribution in [0.25, 0.3) is 15.7 Å². The molecule has 1 fully saturated rings. The maximum Gasteiger partial charge on any atom is 0.291 e. The van der Waals surface area contributed by atoms with Crippen LogP contribution in [0.5, 0.6) is 0 Å². The van der Waals surface area contributed by atoms with Crippen molar-refractivity contribution in [1.82, 2.24) is 19.1 Å². The number of carbonyl (C=O) groups is 1. The third-order valence-corrected chi connectivity index (χ3v) is 5.61. The second-order valence-corrected chi connectivity index (χ2v) is 7.58. The summed E-state index contributed by atoms with van der Waals surface area (Å²) in [7, 11) is 0. The summed E-state index contributed by atoms with van der Waals surface area (Å²) < 4.78 is 4.37. The van der Waals surface area contributed by atoms with Gasteiger partial charge in [0.25, 0.3) is 5.56 Å². The van der Waals surface area contributed by atoms with E-state index in [4.69, 9.17) is 0 Å². The number of carbonyl (C=O) groups excluding carboxylic acids is 1. The van der Waals surface area contributed by atoms with Gasteiger partial charge in [0.1, 0.15) is 17.9 Å². The van der Waals surface area contributed by atoms with E-state index < -0.39 is 0 Å². The molecule has 126 valence electrons. The summed E-state index contributed by atoms with van der Waals surface area (Å²) in [6.07, 6.45) is 2.79. The first-order chi connectivity index (χ1) is 11.6. The van der Waals surface area contributed by atoms with E-state index in [1.54, 1.807) is 11.3 Å². The number of rotatable bonds is 3. The predicted octanol–water partition coefficient (Wildman–Crippen LogP) is 2.20. The van der Waals surface area contributed by atoms with Gasteiger partial charge in [-0.25, -0.2) is 4.68 Å². The molecule has 4 heterocycles. The van der Waals surface area contributed by atoms with Crippen LogP contribution in [0.4, 0.5) is 0 Å². The standard InChI is InChI=1S/C17H20N4O2S/c1-3-15-18-20(10-16(22)19-6-4-5-7-19)17(23)13-9-14-12(21(13)15)8-11(2)24-14/h8-9H,3-7,10H2,1-2H3. The van der Waals surface area contributed by atoms with E-state index >= 15 is 0 Å². The average Bonchev–Trinajstić information content (AvgIpc) is 3.25. The number of nitrogens with zero attached hydrogens (tertiary/aromatic N) is 4. The molecule has 4 rings (SSSR count). The van der Waals surface area contributed by atoms with Crippen LogP contribution in [0.3, 0.4) is 0 Å². The van der Waals surface area contributed by atoms with E-state index in [2.05, 4.69) is 18.1 Å². The lowest BCUT2D eigenvalue weighted by Gasteiger charge is -2.16. The molecule has 0 atom stereocenters. The highest BCUT2D eigenvalue weighted by Crippen LogP contribution is 2.28. The Morgan fingerprint density at radius 3 is 2.71 bits per heavy atom. The SMILES string of the molecule is CCc1nn(CC(=O)N2CCCC2)c(=O)c2cc3sc(C)cc3n12. The molecule has 1 saturated heterocycles. The van der Waals surface area contributed by atoms with Crippen LogP contribution in [0.2, 0.25) is 0 Å². The number of aromatic nitrogens is 3. The number of likely N-dealkylation sites (tertiary alicyclic amines) is 1. The van der Waals surface area contributed by atoms with Gasteiger partial charge in [-0.3, -0.25) is 14.0 Å². The van der Waals surface area contributed by atoms with Crippen molar-refractivity contribution >= 4 is 33.0 Å². The molecule has 1 aliphatic rings. The summed E-state index contributed by atoms with van der Waals surface area (Å²) in [4.78, 5) is 28.2. The minimum absolute atomic E-state index is 0.0160. The number of hydrogen-bond acceptors (Lipinski definition) is 4. The maximum absolute atomic E-state index is 12.8. The van der Waals surface area contributed by atoms with Gasteiger partial charge in [0.2, 0.25) is 5.91 Å². The smallest absolute Gasteiger partial charge is 0.291 e. The highest BCUT2D eigenvalue weighted by Gasteiger charge is 2.21. The van der Waals surface area contributed by atoms with Crippen molar-refractivity contribution < 1.29 is 4.79 Å². The molecule has 0 saturated carbocycles. The van der Waals surface area contributed by atoms with E-state index in [0.717, 1.165) is 42.0 Å². The summed E-state index contributed by atoms with van der Waals surface area (Å²) in [5.41, 5.74) is 1.45. The van der Waals surface area contributed by atoms with Crippen molar-refractivity contribution in [3.05, 3.63) is 33.2 Å². The van der Waals surface area contributed by atoms with Crippen molar-refractivity contribution in [3.8, 4) is 0 Å². The Labute approximate surface area is 143 Å². The van der Waals surface area contributed by atoms with Crippen LogP contribution in [0, 0.1) is 6.92 Å². The molecule has 1 amide bonds. The topological polar surface area (TPSA) is 59.6 Å². The Kier molecular flexibility index (Phi) is 3.68. The van der Waals surface area contributed by atoms with Crippen LogP contribution in [0.1, 0.15) is 30.5 Å². The summed E-state index contributed by atoms with van der Waals surface area (Å²) >= 11 is 1.67. The zero-order valence-corrected chi connectivity index (χ0v) is 14.7. The fourth-order valence-electron chi connectivity index (χ4n) is 3.44. The third kappa shape index (κ3) is 2.34. The van der Waals surface area contributed by atoms with E-state index in [9.17, 15) is 9.59 Å². The lowest BCUT2D eigenvalue weighted by atomic mass is 10.4. The molecule has 0 radical (unpaired) electrons. The van der Waals surface area contributed by atoms with Crippen LogP contribution >= 0.6 is 11.3 Å². The molecule has 3 aromatic heterocycles. The molecule has 0 bridgehead atoms. The van der Waals surface area contributed by atoms with E-state index in [0.29, 0.717) is 11.9 Å². The van der Waals surface area contributed by atoms with Gasteiger partial charge >= 0.3 is 0 Å².